The Kier molecular flexibility index (Phi) is 9.08. The lowest BCUT2D eigenvalue weighted by atomic mass is 10.0. The van der Waals surface area contributed by atoms with Gasteiger partial charge in [-0.3, -0.25) is 0 Å². The molecule has 0 amide bonds. The zero-order valence-electron chi connectivity index (χ0n) is 18.0. The van der Waals surface area contributed by atoms with Gasteiger partial charge in [0.25, 0.3) is 0 Å². The zero-order chi connectivity index (χ0) is 23.1. The molecule has 164 valence electrons. The van der Waals surface area contributed by atoms with Gasteiger partial charge in [0.2, 0.25) is 0 Å². The van der Waals surface area contributed by atoms with E-state index in [4.69, 9.17) is 46.4 Å². The van der Waals surface area contributed by atoms with Gasteiger partial charge in [0.05, 0.1) is 10.0 Å². The van der Waals surface area contributed by atoms with E-state index >= 15 is 0 Å². The molecule has 0 aromatic heterocycles. The zero-order valence-corrected chi connectivity index (χ0v) is 21.0. The molecule has 0 atom stereocenters. The molecule has 0 aliphatic carbocycles. The molecule has 0 saturated carbocycles. The molecule has 0 heterocycles. The summed E-state index contributed by atoms with van der Waals surface area (Å²) < 4.78 is 0. The summed E-state index contributed by atoms with van der Waals surface area (Å²) in [5.74, 6) is 0. The summed E-state index contributed by atoms with van der Waals surface area (Å²) in [4.78, 5) is 0. The van der Waals surface area contributed by atoms with Crippen molar-refractivity contribution in [1.82, 2.24) is 0 Å². The van der Waals surface area contributed by atoms with Gasteiger partial charge in [0, 0.05) is 10.0 Å². The molecular formula is C28H24Cl4. The van der Waals surface area contributed by atoms with Crippen LogP contribution in [0, 0.1) is 0 Å². The molecule has 0 unspecified atom stereocenters. The van der Waals surface area contributed by atoms with Crippen LogP contribution in [0.5, 0.6) is 0 Å². The van der Waals surface area contributed by atoms with Gasteiger partial charge in [-0.25, -0.2) is 0 Å². The molecule has 0 N–H and O–H groups in total. The molecule has 0 fully saturated rings. The van der Waals surface area contributed by atoms with E-state index in [0.29, 0.717) is 20.1 Å². The number of rotatable bonds is 4. The van der Waals surface area contributed by atoms with Crippen LogP contribution >= 0.6 is 46.4 Å². The minimum atomic E-state index is 0.593. The van der Waals surface area contributed by atoms with Crippen LogP contribution in [0.3, 0.4) is 0 Å². The maximum absolute atomic E-state index is 5.99. The molecule has 4 heteroatoms. The Morgan fingerprint density at radius 3 is 1.31 bits per heavy atom. The van der Waals surface area contributed by atoms with Crippen LogP contribution in [0.1, 0.15) is 25.0 Å². The minimum absolute atomic E-state index is 0.593. The van der Waals surface area contributed by atoms with Gasteiger partial charge in [0.15, 0.2) is 0 Å². The third-order valence-electron chi connectivity index (χ3n) is 5.17. The fourth-order valence-corrected chi connectivity index (χ4v) is 4.09. The number of aryl methyl sites for hydroxylation is 2. The Balaban J connectivity index is 0.000000181. The average molecular weight is 502 g/mol. The largest absolute Gasteiger partial charge is 0.0843 e. The first-order valence-corrected chi connectivity index (χ1v) is 12.0. The van der Waals surface area contributed by atoms with Crippen LogP contribution in [-0.2, 0) is 12.8 Å². The van der Waals surface area contributed by atoms with Crippen LogP contribution in [0.2, 0.25) is 20.1 Å². The molecule has 0 nitrogen and oxygen atoms in total. The van der Waals surface area contributed by atoms with E-state index in [0.717, 1.165) is 35.1 Å². The van der Waals surface area contributed by atoms with Gasteiger partial charge in [-0.2, -0.15) is 0 Å². The molecule has 4 rings (SSSR count). The fourth-order valence-electron chi connectivity index (χ4n) is 3.26. The lowest BCUT2D eigenvalue weighted by Crippen LogP contribution is -1.82. The normalized spacial score (nSPS) is 10.4. The van der Waals surface area contributed by atoms with Crippen LogP contribution in [0.15, 0.2) is 84.9 Å². The smallest absolute Gasteiger partial charge is 0.0598 e. The van der Waals surface area contributed by atoms with Crippen molar-refractivity contribution < 1.29 is 0 Å². The van der Waals surface area contributed by atoms with Crippen molar-refractivity contribution in [3.8, 4) is 22.3 Å². The van der Waals surface area contributed by atoms with Crippen molar-refractivity contribution >= 4 is 46.4 Å². The molecule has 0 aliphatic rings. The molecule has 0 radical (unpaired) electrons. The molecule has 0 aliphatic heterocycles. The highest BCUT2D eigenvalue weighted by atomic mass is 35.5. The Bertz CT molecular complexity index is 1140. The summed E-state index contributed by atoms with van der Waals surface area (Å²) in [5, 5.41) is 2.53. The number of halogens is 4. The van der Waals surface area contributed by atoms with E-state index in [2.05, 4.69) is 62.4 Å². The molecule has 4 aromatic rings. The molecule has 32 heavy (non-hydrogen) atoms. The van der Waals surface area contributed by atoms with E-state index in [-0.39, 0.29) is 0 Å². The second kappa shape index (κ2) is 11.8. The Morgan fingerprint density at radius 2 is 0.875 bits per heavy atom. The first-order valence-electron chi connectivity index (χ1n) is 10.5. The highest BCUT2D eigenvalue weighted by Gasteiger charge is 2.02. The SMILES string of the molecule is CCc1ccc(-c2cc(Cl)cc(Cl)c2)cc1.CCc1ccc(-c2ccc(Cl)c(Cl)c2)cc1. The maximum atomic E-state index is 5.99. The predicted molar refractivity (Wildman–Crippen MR) is 143 cm³/mol. The standard InChI is InChI=1S/2C14H12Cl2/c1-2-10-3-5-11(6-4-10)12-7-13(15)9-14(16)8-12;1-2-10-3-5-11(6-4-10)12-7-8-13(15)14(16)9-12/h2*3-9H,2H2,1H3. The van der Waals surface area contributed by atoms with E-state index in [1.807, 2.05) is 30.3 Å². The third kappa shape index (κ3) is 6.77. The topological polar surface area (TPSA) is 0 Å². The van der Waals surface area contributed by atoms with Crippen molar-refractivity contribution in [3.05, 3.63) is 116 Å². The van der Waals surface area contributed by atoms with Gasteiger partial charge in [-0.05, 0) is 76.6 Å². The number of hydrogen-bond donors (Lipinski definition) is 0. The Labute approximate surface area is 210 Å². The highest BCUT2D eigenvalue weighted by molar-refractivity contribution is 6.42. The predicted octanol–water partition coefficient (Wildman–Crippen LogP) is 10.4. The average Bonchev–Trinajstić information content (AvgIpc) is 2.81. The quantitative estimate of drug-likeness (QED) is 0.260. The van der Waals surface area contributed by atoms with Crippen molar-refractivity contribution in [2.45, 2.75) is 26.7 Å². The summed E-state index contributed by atoms with van der Waals surface area (Å²) in [6.45, 7) is 4.29. The first-order chi connectivity index (χ1) is 15.4. The van der Waals surface area contributed by atoms with E-state index in [9.17, 15) is 0 Å². The van der Waals surface area contributed by atoms with Crippen LogP contribution in [-0.4, -0.2) is 0 Å². The summed E-state index contributed by atoms with van der Waals surface area (Å²) in [6.07, 6.45) is 2.11. The van der Waals surface area contributed by atoms with Crippen LogP contribution < -0.4 is 0 Å². The van der Waals surface area contributed by atoms with Crippen LogP contribution in [0.25, 0.3) is 22.3 Å². The van der Waals surface area contributed by atoms with E-state index in [1.54, 1.807) is 6.07 Å². The minimum Gasteiger partial charge on any atom is -0.0843 e. The van der Waals surface area contributed by atoms with Gasteiger partial charge >= 0.3 is 0 Å². The highest BCUT2D eigenvalue weighted by Crippen LogP contribution is 2.29. The van der Waals surface area contributed by atoms with E-state index < -0.39 is 0 Å². The summed E-state index contributed by atoms with van der Waals surface area (Å²) in [7, 11) is 0. The monoisotopic (exact) mass is 500 g/mol. The van der Waals surface area contributed by atoms with Crippen molar-refractivity contribution in [3.63, 3.8) is 0 Å². The van der Waals surface area contributed by atoms with Crippen molar-refractivity contribution in [2.24, 2.45) is 0 Å². The number of hydrogen-bond acceptors (Lipinski definition) is 0. The summed E-state index contributed by atoms with van der Waals surface area (Å²) >= 11 is 23.8. The molecule has 0 bridgehead atoms. The molecule has 4 aromatic carbocycles. The summed E-state index contributed by atoms with van der Waals surface area (Å²) in [5.41, 5.74) is 7.12. The third-order valence-corrected chi connectivity index (χ3v) is 6.35. The van der Waals surface area contributed by atoms with Crippen molar-refractivity contribution in [1.29, 1.82) is 0 Å². The second-order valence-electron chi connectivity index (χ2n) is 7.39. The van der Waals surface area contributed by atoms with Gasteiger partial charge in [-0.1, -0.05) is 115 Å². The fraction of sp³-hybridized carbons (Fsp3) is 0.143. The molecule has 0 saturated heterocycles. The van der Waals surface area contributed by atoms with Gasteiger partial charge < -0.3 is 0 Å². The first kappa shape index (κ1) is 24.7. The summed E-state index contributed by atoms with van der Waals surface area (Å²) in [6, 6.07) is 28.2. The lowest BCUT2D eigenvalue weighted by molar-refractivity contribution is 1.14. The van der Waals surface area contributed by atoms with Crippen LogP contribution in [0.4, 0.5) is 0 Å². The van der Waals surface area contributed by atoms with E-state index in [1.165, 1.54) is 11.1 Å². The van der Waals surface area contributed by atoms with Gasteiger partial charge in [0.1, 0.15) is 0 Å². The Hall–Kier alpha value is -1.96. The lowest BCUT2D eigenvalue weighted by Gasteiger charge is -2.04. The maximum Gasteiger partial charge on any atom is 0.0598 e. The molecular weight excluding hydrogens is 478 g/mol. The number of benzene rings is 4. The molecule has 0 spiro atoms. The van der Waals surface area contributed by atoms with Gasteiger partial charge in [-0.15, -0.1) is 0 Å². The van der Waals surface area contributed by atoms with Crippen molar-refractivity contribution in [2.75, 3.05) is 0 Å². The second-order valence-corrected chi connectivity index (χ2v) is 9.08. The Morgan fingerprint density at radius 1 is 0.438 bits per heavy atom.